The molecule has 1 aromatic heterocycles. The van der Waals surface area contributed by atoms with E-state index >= 15 is 0 Å². The molecule has 0 aliphatic heterocycles. The minimum Gasteiger partial charge on any atom is -0.345 e. The average Bonchev–Trinajstić information content (AvgIpc) is 2.89. The fourth-order valence-electron chi connectivity index (χ4n) is 2.81. The maximum Gasteiger partial charge on any atom is 0.185 e. The van der Waals surface area contributed by atoms with E-state index in [4.69, 9.17) is 4.98 Å². The van der Waals surface area contributed by atoms with E-state index in [9.17, 15) is 0 Å². The standard InChI is InChI=1S/C14H23N3S/c1-2-17(13-5-3-4-6-13)14-16-12(10-18-14)9-15-11-7-8-11/h10-11,13,15H,2-9H2,1H3. The fraction of sp³-hybridized carbons (Fsp3) is 0.786. The second-order valence-electron chi connectivity index (χ2n) is 5.50. The Morgan fingerprint density at radius 1 is 1.33 bits per heavy atom. The van der Waals surface area contributed by atoms with Crippen molar-refractivity contribution >= 4 is 16.5 Å². The summed E-state index contributed by atoms with van der Waals surface area (Å²) in [5, 5.41) is 7.00. The third kappa shape index (κ3) is 2.86. The minimum absolute atomic E-state index is 0.741. The van der Waals surface area contributed by atoms with Crippen molar-refractivity contribution in [1.29, 1.82) is 0 Å². The molecule has 1 heterocycles. The topological polar surface area (TPSA) is 28.2 Å². The number of hydrogen-bond acceptors (Lipinski definition) is 4. The van der Waals surface area contributed by atoms with Crippen molar-refractivity contribution in [2.45, 2.75) is 64.1 Å². The van der Waals surface area contributed by atoms with Crippen molar-refractivity contribution in [3.05, 3.63) is 11.1 Å². The minimum atomic E-state index is 0.741. The monoisotopic (exact) mass is 265 g/mol. The predicted molar refractivity (Wildman–Crippen MR) is 77.3 cm³/mol. The first-order chi connectivity index (χ1) is 8.86. The summed E-state index contributed by atoms with van der Waals surface area (Å²) in [5.74, 6) is 0. The fourth-order valence-corrected chi connectivity index (χ4v) is 3.77. The van der Waals surface area contributed by atoms with Crippen LogP contribution in [0.15, 0.2) is 5.38 Å². The molecule has 4 heteroatoms. The molecule has 0 amide bonds. The summed E-state index contributed by atoms with van der Waals surface area (Å²) in [5.41, 5.74) is 1.22. The van der Waals surface area contributed by atoms with Gasteiger partial charge in [-0.25, -0.2) is 4.98 Å². The Bertz CT molecular complexity index is 380. The van der Waals surface area contributed by atoms with Gasteiger partial charge in [0.05, 0.1) is 5.69 Å². The number of rotatable bonds is 6. The third-order valence-electron chi connectivity index (χ3n) is 4.04. The van der Waals surface area contributed by atoms with Crippen LogP contribution in [0.2, 0.25) is 0 Å². The Kier molecular flexibility index (Phi) is 3.85. The van der Waals surface area contributed by atoms with Gasteiger partial charge in [0.2, 0.25) is 0 Å². The molecule has 0 saturated heterocycles. The average molecular weight is 265 g/mol. The van der Waals surface area contributed by atoms with Gasteiger partial charge >= 0.3 is 0 Å². The van der Waals surface area contributed by atoms with Crippen molar-refractivity contribution < 1.29 is 0 Å². The zero-order chi connectivity index (χ0) is 12.4. The number of nitrogens with zero attached hydrogens (tertiary/aromatic N) is 2. The lowest BCUT2D eigenvalue weighted by Gasteiger charge is -2.26. The first-order valence-electron chi connectivity index (χ1n) is 7.31. The Labute approximate surface area is 114 Å². The van der Waals surface area contributed by atoms with Gasteiger partial charge in [0.15, 0.2) is 5.13 Å². The maximum atomic E-state index is 4.81. The van der Waals surface area contributed by atoms with Gasteiger partial charge in [-0.05, 0) is 32.6 Å². The highest BCUT2D eigenvalue weighted by Crippen LogP contribution is 2.30. The molecule has 1 N–H and O–H groups in total. The molecule has 2 aliphatic carbocycles. The van der Waals surface area contributed by atoms with Crippen LogP contribution in [0, 0.1) is 0 Å². The molecule has 0 unspecified atom stereocenters. The van der Waals surface area contributed by atoms with Crippen LogP contribution in [0.1, 0.15) is 51.1 Å². The molecule has 1 aromatic rings. The Hall–Kier alpha value is -0.610. The van der Waals surface area contributed by atoms with Crippen LogP contribution in [0.3, 0.4) is 0 Å². The number of thiazole rings is 1. The van der Waals surface area contributed by atoms with E-state index < -0.39 is 0 Å². The van der Waals surface area contributed by atoms with E-state index in [0.717, 1.165) is 25.2 Å². The lowest BCUT2D eigenvalue weighted by atomic mass is 10.2. The van der Waals surface area contributed by atoms with E-state index in [-0.39, 0.29) is 0 Å². The van der Waals surface area contributed by atoms with E-state index in [1.165, 1.54) is 49.4 Å². The summed E-state index contributed by atoms with van der Waals surface area (Å²) in [6.07, 6.45) is 8.18. The first kappa shape index (κ1) is 12.4. The zero-order valence-corrected chi connectivity index (χ0v) is 12.0. The van der Waals surface area contributed by atoms with Gasteiger partial charge in [0.1, 0.15) is 0 Å². The molecular weight excluding hydrogens is 242 g/mol. The molecule has 2 saturated carbocycles. The normalized spacial score (nSPS) is 20.5. The number of nitrogens with one attached hydrogen (secondary N) is 1. The largest absolute Gasteiger partial charge is 0.345 e. The molecule has 0 atom stereocenters. The first-order valence-corrected chi connectivity index (χ1v) is 8.19. The highest BCUT2D eigenvalue weighted by atomic mass is 32.1. The van der Waals surface area contributed by atoms with Crippen molar-refractivity contribution in [3.63, 3.8) is 0 Å². The number of aromatic nitrogens is 1. The summed E-state index contributed by atoms with van der Waals surface area (Å²) in [4.78, 5) is 7.32. The third-order valence-corrected chi connectivity index (χ3v) is 4.97. The van der Waals surface area contributed by atoms with E-state index in [0.29, 0.717) is 0 Å². The summed E-state index contributed by atoms with van der Waals surface area (Å²) in [6.45, 7) is 4.29. The molecule has 100 valence electrons. The lowest BCUT2D eigenvalue weighted by Crippen LogP contribution is -2.32. The van der Waals surface area contributed by atoms with Crippen LogP contribution in [0.4, 0.5) is 5.13 Å². The molecule has 0 spiro atoms. The van der Waals surface area contributed by atoms with Crippen molar-refractivity contribution in [2.24, 2.45) is 0 Å². The van der Waals surface area contributed by atoms with Gasteiger partial charge in [-0.1, -0.05) is 12.8 Å². The predicted octanol–water partition coefficient (Wildman–Crippen LogP) is 3.16. The van der Waals surface area contributed by atoms with Gasteiger partial charge in [-0.15, -0.1) is 11.3 Å². The second kappa shape index (κ2) is 5.57. The quantitative estimate of drug-likeness (QED) is 0.856. The summed E-state index contributed by atoms with van der Waals surface area (Å²) < 4.78 is 0. The van der Waals surface area contributed by atoms with E-state index in [1.54, 1.807) is 0 Å². The highest BCUT2D eigenvalue weighted by molar-refractivity contribution is 7.13. The summed E-state index contributed by atoms with van der Waals surface area (Å²) in [6, 6.07) is 1.51. The van der Waals surface area contributed by atoms with Crippen LogP contribution < -0.4 is 10.2 Å². The van der Waals surface area contributed by atoms with E-state index in [2.05, 4.69) is 22.5 Å². The Morgan fingerprint density at radius 3 is 2.78 bits per heavy atom. The van der Waals surface area contributed by atoms with Gasteiger partial charge in [0.25, 0.3) is 0 Å². The van der Waals surface area contributed by atoms with E-state index in [1.807, 2.05) is 11.3 Å². The van der Waals surface area contributed by atoms with Crippen LogP contribution in [-0.4, -0.2) is 23.6 Å². The molecule has 18 heavy (non-hydrogen) atoms. The molecule has 0 aromatic carbocycles. The number of hydrogen-bond donors (Lipinski definition) is 1. The molecular formula is C14H23N3S. The SMILES string of the molecule is CCN(c1nc(CNC2CC2)cs1)C1CCCC1. The highest BCUT2D eigenvalue weighted by Gasteiger charge is 2.24. The van der Waals surface area contributed by atoms with Gasteiger partial charge in [0, 0.05) is 30.6 Å². The van der Waals surface area contributed by atoms with Crippen LogP contribution in [-0.2, 0) is 6.54 Å². The van der Waals surface area contributed by atoms with Gasteiger partial charge in [-0.3, -0.25) is 0 Å². The maximum absolute atomic E-state index is 4.81. The van der Waals surface area contributed by atoms with Crippen LogP contribution in [0.5, 0.6) is 0 Å². The lowest BCUT2D eigenvalue weighted by molar-refractivity contribution is 0.615. The van der Waals surface area contributed by atoms with Gasteiger partial charge < -0.3 is 10.2 Å². The van der Waals surface area contributed by atoms with Crippen LogP contribution >= 0.6 is 11.3 Å². The molecule has 0 radical (unpaired) electrons. The molecule has 3 nitrogen and oxygen atoms in total. The molecule has 2 aliphatic rings. The molecule has 3 rings (SSSR count). The smallest absolute Gasteiger partial charge is 0.185 e. The second-order valence-corrected chi connectivity index (χ2v) is 6.34. The summed E-state index contributed by atoms with van der Waals surface area (Å²) >= 11 is 1.82. The van der Waals surface area contributed by atoms with Gasteiger partial charge in [-0.2, -0.15) is 0 Å². The van der Waals surface area contributed by atoms with Crippen molar-refractivity contribution in [1.82, 2.24) is 10.3 Å². The zero-order valence-electron chi connectivity index (χ0n) is 11.2. The molecule has 2 fully saturated rings. The summed E-state index contributed by atoms with van der Waals surface area (Å²) in [7, 11) is 0. The van der Waals surface area contributed by atoms with Crippen LogP contribution in [0.25, 0.3) is 0 Å². The molecule has 0 bridgehead atoms. The number of anilines is 1. The van der Waals surface area contributed by atoms with Crippen molar-refractivity contribution in [2.75, 3.05) is 11.4 Å². The van der Waals surface area contributed by atoms with Crippen molar-refractivity contribution in [3.8, 4) is 0 Å². The Balaban J connectivity index is 1.61. The Morgan fingerprint density at radius 2 is 2.11 bits per heavy atom.